The highest BCUT2D eigenvalue weighted by molar-refractivity contribution is 9.39. The summed E-state index contributed by atoms with van der Waals surface area (Å²) >= 11 is 10.1. The predicted octanol–water partition coefficient (Wildman–Crippen LogP) is 0.0547. The van der Waals surface area contributed by atoms with Crippen LogP contribution in [0.25, 0.3) is 0 Å². The average molecular weight is 510 g/mol. The molecule has 1 rings (SSSR count). The number of aromatic nitrogens is 3. The summed E-state index contributed by atoms with van der Waals surface area (Å²) in [4.78, 5) is 14.5. The molecule has 0 aliphatic carbocycles. The molecule has 0 amide bonds. The number of nitrogens with zero attached hydrogens (tertiary/aromatic N) is 5. The summed E-state index contributed by atoms with van der Waals surface area (Å²) in [6.45, 7) is -1.96. The molecular weight excluding hydrogens is 494 g/mol. The van der Waals surface area contributed by atoms with Crippen LogP contribution in [0.2, 0.25) is 0 Å². The van der Waals surface area contributed by atoms with Crippen molar-refractivity contribution in [2.45, 2.75) is 15.0 Å². The fraction of sp³-hybridized carbons (Fsp3) is 0.700. The maximum atomic E-state index is 9.20. The van der Waals surface area contributed by atoms with E-state index in [2.05, 4.69) is 62.7 Å². The molecule has 22 heavy (non-hydrogen) atoms. The Labute approximate surface area is 152 Å². The number of aliphatic hydroxyl groups excluding tert-OH is 4. The van der Waals surface area contributed by atoms with Crippen molar-refractivity contribution in [1.82, 2.24) is 15.0 Å². The molecule has 0 spiro atoms. The molecule has 0 bridgehead atoms. The molecule has 0 saturated heterocycles. The molecule has 126 valence electrons. The van der Waals surface area contributed by atoms with Crippen LogP contribution in [-0.4, -0.2) is 64.4 Å². The number of aryl methyl sites for hydroxylation is 1. The van der Waals surface area contributed by atoms with Crippen molar-refractivity contribution >= 4 is 59.7 Å². The molecule has 0 fully saturated rings. The SMILES string of the molecule is OCN(CO)c1nc(CCC(Br)(Br)Br)nc(N(CO)CO)n1. The molecule has 0 aliphatic heterocycles. The summed E-state index contributed by atoms with van der Waals surface area (Å²) in [7, 11) is 0. The third-order valence-electron chi connectivity index (χ3n) is 2.54. The van der Waals surface area contributed by atoms with Gasteiger partial charge < -0.3 is 20.4 Å². The zero-order chi connectivity index (χ0) is 16.8. The smallest absolute Gasteiger partial charge is 0.234 e. The first-order valence-electron chi connectivity index (χ1n) is 6.09. The normalized spacial score (nSPS) is 11.6. The molecule has 1 aromatic heterocycles. The van der Waals surface area contributed by atoms with Crippen molar-refractivity contribution in [3.8, 4) is 0 Å². The monoisotopic (exact) mass is 507 g/mol. The maximum Gasteiger partial charge on any atom is 0.234 e. The summed E-state index contributed by atoms with van der Waals surface area (Å²) in [6.07, 6.45) is 1.01. The van der Waals surface area contributed by atoms with Gasteiger partial charge in [-0.05, 0) is 6.42 Å². The van der Waals surface area contributed by atoms with Gasteiger partial charge in [0, 0.05) is 6.42 Å². The van der Waals surface area contributed by atoms with Gasteiger partial charge in [-0.3, -0.25) is 9.80 Å². The number of hydrogen-bond donors (Lipinski definition) is 4. The number of halogens is 3. The molecule has 0 unspecified atom stereocenters. The van der Waals surface area contributed by atoms with Crippen LogP contribution in [0, 0.1) is 0 Å². The van der Waals surface area contributed by atoms with Gasteiger partial charge in [0.05, 0.1) is 0 Å². The molecule has 9 nitrogen and oxygen atoms in total. The number of hydrogen-bond acceptors (Lipinski definition) is 9. The molecule has 0 aromatic carbocycles. The minimum atomic E-state index is -0.489. The molecule has 0 aliphatic rings. The average Bonchev–Trinajstić information content (AvgIpc) is 2.47. The van der Waals surface area contributed by atoms with Crippen LogP contribution in [-0.2, 0) is 6.42 Å². The van der Waals surface area contributed by atoms with E-state index in [0.717, 1.165) is 9.80 Å². The Kier molecular flexibility index (Phi) is 8.38. The van der Waals surface area contributed by atoms with E-state index in [1.807, 2.05) is 0 Å². The molecular formula is C10H16Br3N5O4. The van der Waals surface area contributed by atoms with Crippen molar-refractivity contribution < 1.29 is 20.4 Å². The zero-order valence-electron chi connectivity index (χ0n) is 11.4. The third kappa shape index (κ3) is 6.18. The highest BCUT2D eigenvalue weighted by Crippen LogP contribution is 2.37. The Morgan fingerprint density at radius 2 is 1.18 bits per heavy atom. The standard InChI is InChI=1S/C10H16Br3N5O4/c11-10(12,13)2-1-7-14-8(17(3-19)4-20)16-9(15-7)18(5-21)6-22/h19-22H,1-6H2. The van der Waals surface area contributed by atoms with Gasteiger partial charge in [-0.25, -0.2) is 0 Å². The Morgan fingerprint density at radius 3 is 1.50 bits per heavy atom. The Balaban J connectivity index is 3.14. The van der Waals surface area contributed by atoms with Gasteiger partial charge in [0.25, 0.3) is 0 Å². The molecule has 1 aromatic rings. The molecule has 0 radical (unpaired) electrons. The van der Waals surface area contributed by atoms with Crippen LogP contribution in [0.4, 0.5) is 11.9 Å². The summed E-state index contributed by atoms with van der Waals surface area (Å²) in [6, 6.07) is 0. The Bertz CT molecular complexity index is 438. The number of rotatable bonds is 8. The predicted molar refractivity (Wildman–Crippen MR) is 91.0 cm³/mol. The minimum Gasteiger partial charge on any atom is -0.376 e. The van der Waals surface area contributed by atoms with Crippen LogP contribution in [0.1, 0.15) is 12.2 Å². The van der Waals surface area contributed by atoms with Crippen molar-refractivity contribution in [2.75, 3.05) is 36.7 Å². The van der Waals surface area contributed by atoms with Crippen LogP contribution in [0.5, 0.6) is 0 Å². The second kappa shape index (κ2) is 9.25. The lowest BCUT2D eigenvalue weighted by Crippen LogP contribution is -2.31. The number of alkyl halides is 3. The van der Waals surface area contributed by atoms with Gasteiger partial charge in [-0.15, -0.1) is 0 Å². The molecule has 4 N–H and O–H groups in total. The van der Waals surface area contributed by atoms with Gasteiger partial charge in [-0.2, -0.15) is 15.0 Å². The minimum absolute atomic E-state index is 0.0428. The number of aliphatic hydroxyl groups is 4. The zero-order valence-corrected chi connectivity index (χ0v) is 16.2. The van der Waals surface area contributed by atoms with Gasteiger partial charge in [0.1, 0.15) is 34.9 Å². The van der Waals surface area contributed by atoms with E-state index < -0.39 is 29.1 Å². The fourth-order valence-corrected chi connectivity index (χ4v) is 1.98. The van der Waals surface area contributed by atoms with Crippen LogP contribution >= 0.6 is 47.8 Å². The van der Waals surface area contributed by atoms with E-state index in [0.29, 0.717) is 18.7 Å². The highest BCUT2D eigenvalue weighted by Gasteiger charge is 2.20. The Hall–Kier alpha value is -0.110. The second-order valence-electron chi connectivity index (χ2n) is 4.11. The summed E-state index contributed by atoms with van der Waals surface area (Å²) < 4.78 is -0.471. The van der Waals surface area contributed by atoms with Crippen molar-refractivity contribution in [3.63, 3.8) is 0 Å². The van der Waals surface area contributed by atoms with Crippen LogP contribution < -0.4 is 9.80 Å². The lowest BCUT2D eigenvalue weighted by molar-refractivity contribution is 0.217. The Morgan fingerprint density at radius 1 is 0.773 bits per heavy atom. The van der Waals surface area contributed by atoms with E-state index in [1.165, 1.54) is 0 Å². The quantitative estimate of drug-likeness (QED) is 0.284. The van der Waals surface area contributed by atoms with Gasteiger partial charge in [0.2, 0.25) is 11.9 Å². The van der Waals surface area contributed by atoms with E-state index in [4.69, 9.17) is 0 Å². The largest absolute Gasteiger partial charge is 0.376 e. The molecule has 0 atom stereocenters. The fourth-order valence-electron chi connectivity index (χ4n) is 1.39. The first kappa shape index (κ1) is 19.9. The van der Waals surface area contributed by atoms with Crippen LogP contribution in [0.3, 0.4) is 0 Å². The van der Waals surface area contributed by atoms with Crippen molar-refractivity contribution in [1.29, 1.82) is 0 Å². The van der Waals surface area contributed by atoms with Gasteiger partial charge >= 0.3 is 0 Å². The van der Waals surface area contributed by atoms with E-state index in [9.17, 15) is 20.4 Å². The van der Waals surface area contributed by atoms with E-state index >= 15 is 0 Å². The molecule has 0 saturated carbocycles. The van der Waals surface area contributed by atoms with E-state index in [1.54, 1.807) is 0 Å². The summed E-state index contributed by atoms with van der Waals surface area (Å²) in [5.74, 6) is 0.462. The molecule has 1 heterocycles. The van der Waals surface area contributed by atoms with Crippen molar-refractivity contribution in [2.24, 2.45) is 0 Å². The highest BCUT2D eigenvalue weighted by atomic mass is 80.0. The number of anilines is 2. The van der Waals surface area contributed by atoms with Gasteiger partial charge in [-0.1, -0.05) is 47.8 Å². The molecule has 12 heteroatoms. The van der Waals surface area contributed by atoms with E-state index in [-0.39, 0.29) is 11.9 Å². The lowest BCUT2D eigenvalue weighted by atomic mass is 10.3. The maximum absolute atomic E-state index is 9.20. The first-order valence-corrected chi connectivity index (χ1v) is 8.47. The first-order chi connectivity index (χ1) is 10.3. The topological polar surface area (TPSA) is 126 Å². The summed E-state index contributed by atoms with van der Waals surface area (Å²) in [5, 5.41) is 36.8. The lowest BCUT2D eigenvalue weighted by Gasteiger charge is -2.22. The van der Waals surface area contributed by atoms with Gasteiger partial charge in [0.15, 0.2) is 0 Å². The third-order valence-corrected chi connectivity index (χ3v) is 3.73. The van der Waals surface area contributed by atoms with Crippen LogP contribution in [0.15, 0.2) is 0 Å². The summed E-state index contributed by atoms with van der Waals surface area (Å²) in [5.41, 5.74) is 0. The second-order valence-corrected chi connectivity index (χ2v) is 11.4. The van der Waals surface area contributed by atoms with Crippen molar-refractivity contribution in [3.05, 3.63) is 5.82 Å².